The fourth-order valence-corrected chi connectivity index (χ4v) is 3.80. The number of nitrogens with zero attached hydrogens (tertiary/aromatic N) is 1. The van der Waals surface area contributed by atoms with Crippen LogP contribution < -0.4 is 5.32 Å². The normalized spacial score (nSPS) is 23.0. The van der Waals surface area contributed by atoms with Crippen molar-refractivity contribution in [3.63, 3.8) is 0 Å². The molecule has 3 rings (SSSR count). The van der Waals surface area contributed by atoms with Gasteiger partial charge in [0.1, 0.15) is 0 Å². The minimum Gasteiger partial charge on any atom is -0.392 e. The number of aliphatic hydroxyl groups is 1. The van der Waals surface area contributed by atoms with E-state index in [-0.39, 0.29) is 12.1 Å². The highest BCUT2D eigenvalue weighted by Crippen LogP contribution is 2.28. The topological polar surface area (TPSA) is 45.2 Å². The fraction of sp³-hybridized carbons (Fsp3) is 0.562. The molecule has 2 atom stereocenters. The summed E-state index contributed by atoms with van der Waals surface area (Å²) in [5.41, 5.74) is 2.37. The number of hydrogen-bond acceptors (Lipinski definition) is 4. The first-order valence-corrected chi connectivity index (χ1v) is 8.26. The number of benzene rings is 1. The second-order valence-corrected chi connectivity index (χ2v) is 7.06. The summed E-state index contributed by atoms with van der Waals surface area (Å²) in [5, 5.41) is 14.5. The van der Waals surface area contributed by atoms with E-state index < -0.39 is 0 Å². The van der Waals surface area contributed by atoms with E-state index in [2.05, 4.69) is 42.3 Å². The predicted octanol–water partition coefficient (Wildman–Crippen LogP) is 3.42. The number of thiazole rings is 1. The summed E-state index contributed by atoms with van der Waals surface area (Å²) in [6, 6.07) is 6.74. The number of hydrogen-bond donors (Lipinski definition) is 2. The Balaban J connectivity index is 1.72. The highest BCUT2D eigenvalue weighted by atomic mass is 32.1. The molecule has 0 aliphatic heterocycles. The van der Waals surface area contributed by atoms with Crippen LogP contribution in [0.2, 0.25) is 0 Å². The van der Waals surface area contributed by atoms with Gasteiger partial charge in [0, 0.05) is 18.5 Å². The predicted molar refractivity (Wildman–Crippen MR) is 84.2 cm³/mol. The third-order valence-electron chi connectivity index (χ3n) is 4.01. The molecule has 2 N–H and O–H groups in total. The van der Waals surface area contributed by atoms with Crippen LogP contribution >= 0.6 is 11.3 Å². The van der Waals surface area contributed by atoms with E-state index >= 15 is 0 Å². The summed E-state index contributed by atoms with van der Waals surface area (Å²) in [4.78, 5) is 4.66. The molecule has 0 amide bonds. The second kappa shape index (κ2) is 5.80. The molecular formula is C16H22N2OS. The minimum absolute atomic E-state index is 0.172. The van der Waals surface area contributed by atoms with Gasteiger partial charge in [0.25, 0.3) is 0 Å². The quantitative estimate of drug-likeness (QED) is 0.907. The summed E-state index contributed by atoms with van der Waals surface area (Å²) in [6.07, 6.45) is 2.98. The first-order chi connectivity index (χ1) is 9.63. The van der Waals surface area contributed by atoms with Gasteiger partial charge in [-0.2, -0.15) is 0 Å². The molecule has 3 nitrogen and oxygen atoms in total. The van der Waals surface area contributed by atoms with Gasteiger partial charge >= 0.3 is 0 Å². The molecule has 1 heterocycles. The van der Waals surface area contributed by atoms with Gasteiger partial charge in [-0.3, -0.25) is 0 Å². The van der Waals surface area contributed by atoms with Crippen molar-refractivity contribution in [1.82, 2.24) is 10.3 Å². The lowest BCUT2D eigenvalue weighted by Crippen LogP contribution is -2.34. The first-order valence-electron chi connectivity index (χ1n) is 7.44. The molecule has 0 spiro atoms. The smallest absolute Gasteiger partial charge is 0.0963 e. The van der Waals surface area contributed by atoms with Gasteiger partial charge < -0.3 is 10.4 Å². The number of aliphatic hydroxyl groups excluding tert-OH is 1. The van der Waals surface area contributed by atoms with Crippen LogP contribution in [-0.4, -0.2) is 22.2 Å². The van der Waals surface area contributed by atoms with Gasteiger partial charge in [-0.15, -0.1) is 11.3 Å². The summed E-state index contributed by atoms with van der Waals surface area (Å²) < 4.78 is 1.26. The fourth-order valence-electron chi connectivity index (χ4n) is 2.77. The Kier molecular flexibility index (Phi) is 4.06. The van der Waals surface area contributed by atoms with Crippen molar-refractivity contribution in [2.75, 3.05) is 0 Å². The standard InChI is InChI=1S/C16H22N2OS/c1-10(2)16-18-13-7-6-11(8-15(13)20-16)9-17-12-4-3-5-14(12)19/h6-8,10,12,14,17,19H,3-5,9H2,1-2H3. The van der Waals surface area contributed by atoms with E-state index in [1.54, 1.807) is 11.3 Å². The Labute approximate surface area is 124 Å². The molecule has 1 saturated carbocycles. The molecule has 1 fully saturated rings. The van der Waals surface area contributed by atoms with Crippen LogP contribution in [0.15, 0.2) is 18.2 Å². The van der Waals surface area contributed by atoms with E-state index in [1.807, 2.05) is 0 Å². The molecule has 1 aliphatic carbocycles. The average Bonchev–Trinajstić information content (AvgIpc) is 3.01. The lowest BCUT2D eigenvalue weighted by atomic mass is 10.1. The van der Waals surface area contributed by atoms with Gasteiger partial charge in [-0.1, -0.05) is 19.9 Å². The largest absolute Gasteiger partial charge is 0.392 e. The van der Waals surface area contributed by atoms with Crippen molar-refractivity contribution in [2.45, 2.75) is 57.7 Å². The third-order valence-corrected chi connectivity index (χ3v) is 5.33. The van der Waals surface area contributed by atoms with Crippen LogP contribution in [0.4, 0.5) is 0 Å². The molecule has 20 heavy (non-hydrogen) atoms. The van der Waals surface area contributed by atoms with E-state index in [0.29, 0.717) is 5.92 Å². The van der Waals surface area contributed by atoms with Gasteiger partial charge in [0.15, 0.2) is 0 Å². The van der Waals surface area contributed by atoms with Crippen molar-refractivity contribution in [1.29, 1.82) is 0 Å². The monoisotopic (exact) mass is 290 g/mol. The number of rotatable bonds is 4. The van der Waals surface area contributed by atoms with Gasteiger partial charge in [0.2, 0.25) is 0 Å². The maximum atomic E-state index is 9.83. The van der Waals surface area contributed by atoms with Crippen LogP contribution in [0, 0.1) is 0 Å². The Morgan fingerprint density at radius 2 is 2.25 bits per heavy atom. The van der Waals surface area contributed by atoms with Crippen molar-refractivity contribution < 1.29 is 5.11 Å². The maximum absolute atomic E-state index is 9.83. The molecule has 4 heteroatoms. The minimum atomic E-state index is -0.172. The number of nitrogens with one attached hydrogen (secondary N) is 1. The highest BCUT2D eigenvalue weighted by Gasteiger charge is 2.24. The molecule has 2 aromatic rings. The molecule has 1 aromatic heterocycles. The Morgan fingerprint density at radius 1 is 1.40 bits per heavy atom. The summed E-state index contributed by atoms with van der Waals surface area (Å²) >= 11 is 1.79. The Hall–Kier alpha value is -0.970. The van der Waals surface area contributed by atoms with Crippen molar-refractivity contribution >= 4 is 21.6 Å². The van der Waals surface area contributed by atoms with Crippen LogP contribution in [0.3, 0.4) is 0 Å². The number of fused-ring (bicyclic) bond motifs is 1. The van der Waals surface area contributed by atoms with E-state index in [9.17, 15) is 5.11 Å². The highest BCUT2D eigenvalue weighted by molar-refractivity contribution is 7.18. The van der Waals surface area contributed by atoms with Crippen molar-refractivity contribution in [2.24, 2.45) is 0 Å². The number of aromatic nitrogens is 1. The molecule has 2 unspecified atom stereocenters. The van der Waals surface area contributed by atoms with Crippen LogP contribution in [0.1, 0.15) is 49.6 Å². The molecular weight excluding hydrogens is 268 g/mol. The molecule has 0 saturated heterocycles. The summed E-state index contributed by atoms with van der Waals surface area (Å²) in [7, 11) is 0. The molecule has 0 bridgehead atoms. The van der Waals surface area contributed by atoms with Gasteiger partial charge in [-0.05, 0) is 37.0 Å². The maximum Gasteiger partial charge on any atom is 0.0963 e. The lowest BCUT2D eigenvalue weighted by Gasteiger charge is -2.16. The zero-order valence-electron chi connectivity index (χ0n) is 12.1. The Morgan fingerprint density at radius 3 is 2.95 bits per heavy atom. The van der Waals surface area contributed by atoms with E-state index in [0.717, 1.165) is 31.3 Å². The average molecular weight is 290 g/mol. The van der Waals surface area contributed by atoms with Crippen molar-refractivity contribution in [3.05, 3.63) is 28.8 Å². The zero-order valence-corrected chi connectivity index (χ0v) is 12.9. The summed E-state index contributed by atoms with van der Waals surface area (Å²) in [5.74, 6) is 0.489. The second-order valence-electron chi connectivity index (χ2n) is 5.99. The molecule has 1 aliphatic rings. The molecule has 1 aromatic carbocycles. The van der Waals surface area contributed by atoms with E-state index in [4.69, 9.17) is 0 Å². The van der Waals surface area contributed by atoms with Gasteiger partial charge in [0.05, 0.1) is 21.3 Å². The van der Waals surface area contributed by atoms with Crippen LogP contribution in [-0.2, 0) is 6.54 Å². The van der Waals surface area contributed by atoms with E-state index in [1.165, 1.54) is 15.3 Å². The van der Waals surface area contributed by atoms with Crippen LogP contribution in [0.25, 0.3) is 10.2 Å². The SMILES string of the molecule is CC(C)c1nc2ccc(CNC3CCCC3O)cc2s1. The third kappa shape index (κ3) is 2.87. The van der Waals surface area contributed by atoms with Crippen molar-refractivity contribution in [3.8, 4) is 0 Å². The lowest BCUT2D eigenvalue weighted by molar-refractivity contribution is 0.148. The Bertz CT molecular complexity index is 593. The molecule has 0 radical (unpaired) electrons. The summed E-state index contributed by atoms with van der Waals surface area (Å²) in [6.45, 7) is 5.19. The molecule has 108 valence electrons. The first kappa shape index (κ1) is 14.0. The van der Waals surface area contributed by atoms with Crippen LogP contribution in [0.5, 0.6) is 0 Å². The van der Waals surface area contributed by atoms with Gasteiger partial charge in [-0.25, -0.2) is 4.98 Å². The zero-order chi connectivity index (χ0) is 14.1.